The SMILES string of the molecule is COc1c(C)cnc(CNc2cc(F)c(Br)cc2C)c1C. The van der Waals surface area contributed by atoms with E-state index in [1.54, 1.807) is 19.4 Å². The summed E-state index contributed by atoms with van der Waals surface area (Å²) < 4.78 is 19.5. The third-order valence-electron chi connectivity index (χ3n) is 3.46. The number of hydrogen-bond acceptors (Lipinski definition) is 3. The number of rotatable bonds is 4. The molecular formula is C16H18BrFN2O. The lowest BCUT2D eigenvalue weighted by Crippen LogP contribution is -2.07. The lowest BCUT2D eigenvalue weighted by molar-refractivity contribution is 0.407. The molecule has 0 radical (unpaired) electrons. The van der Waals surface area contributed by atoms with Gasteiger partial charge in [-0.15, -0.1) is 0 Å². The number of pyridine rings is 1. The topological polar surface area (TPSA) is 34.1 Å². The molecule has 0 atom stereocenters. The highest BCUT2D eigenvalue weighted by Gasteiger charge is 2.10. The number of benzene rings is 1. The molecule has 0 spiro atoms. The number of nitrogens with zero attached hydrogens (tertiary/aromatic N) is 1. The zero-order valence-electron chi connectivity index (χ0n) is 12.6. The van der Waals surface area contributed by atoms with E-state index < -0.39 is 0 Å². The molecule has 3 nitrogen and oxygen atoms in total. The molecule has 0 saturated carbocycles. The van der Waals surface area contributed by atoms with Gasteiger partial charge in [0.05, 0.1) is 23.8 Å². The van der Waals surface area contributed by atoms with E-state index in [0.29, 0.717) is 11.0 Å². The van der Waals surface area contributed by atoms with Gasteiger partial charge in [-0.3, -0.25) is 4.98 Å². The summed E-state index contributed by atoms with van der Waals surface area (Å²) in [5, 5.41) is 3.23. The number of halogens is 2. The first-order valence-electron chi connectivity index (χ1n) is 6.62. The van der Waals surface area contributed by atoms with Gasteiger partial charge >= 0.3 is 0 Å². The molecule has 2 rings (SSSR count). The fourth-order valence-corrected chi connectivity index (χ4v) is 2.72. The quantitative estimate of drug-likeness (QED) is 0.877. The van der Waals surface area contributed by atoms with Gasteiger partial charge in [-0.05, 0) is 54.4 Å². The number of anilines is 1. The van der Waals surface area contributed by atoms with Crippen LogP contribution in [-0.2, 0) is 6.54 Å². The van der Waals surface area contributed by atoms with Gasteiger partial charge in [0.25, 0.3) is 0 Å². The van der Waals surface area contributed by atoms with Gasteiger partial charge in [0.1, 0.15) is 11.6 Å². The molecule has 0 aliphatic heterocycles. The summed E-state index contributed by atoms with van der Waals surface area (Å²) in [6, 6.07) is 3.24. The average Bonchev–Trinajstić information content (AvgIpc) is 2.43. The van der Waals surface area contributed by atoms with Crippen molar-refractivity contribution in [1.29, 1.82) is 0 Å². The van der Waals surface area contributed by atoms with E-state index in [1.807, 2.05) is 20.8 Å². The third kappa shape index (κ3) is 3.35. The Morgan fingerprint density at radius 1 is 1.24 bits per heavy atom. The molecule has 1 aromatic carbocycles. The molecule has 2 aromatic rings. The van der Waals surface area contributed by atoms with Crippen molar-refractivity contribution >= 4 is 21.6 Å². The summed E-state index contributed by atoms with van der Waals surface area (Å²) in [6.07, 6.45) is 1.79. The Morgan fingerprint density at radius 2 is 1.95 bits per heavy atom. The number of ether oxygens (including phenoxy) is 1. The molecular weight excluding hydrogens is 335 g/mol. The van der Waals surface area contributed by atoms with Crippen LogP contribution in [0.5, 0.6) is 5.75 Å². The van der Waals surface area contributed by atoms with Crippen LogP contribution in [0, 0.1) is 26.6 Å². The van der Waals surface area contributed by atoms with Crippen LogP contribution in [0.3, 0.4) is 0 Å². The number of nitrogens with one attached hydrogen (secondary N) is 1. The Balaban J connectivity index is 2.23. The third-order valence-corrected chi connectivity index (χ3v) is 4.07. The lowest BCUT2D eigenvalue weighted by atomic mass is 10.1. The highest BCUT2D eigenvalue weighted by atomic mass is 79.9. The molecule has 21 heavy (non-hydrogen) atoms. The van der Waals surface area contributed by atoms with Gasteiger partial charge in [0.15, 0.2) is 0 Å². The van der Waals surface area contributed by atoms with E-state index in [1.165, 1.54) is 6.07 Å². The minimum Gasteiger partial charge on any atom is -0.496 e. The number of aromatic nitrogens is 1. The van der Waals surface area contributed by atoms with Crippen molar-refractivity contribution in [3.63, 3.8) is 0 Å². The number of hydrogen-bond donors (Lipinski definition) is 1. The Morgan fingerprint density at radius 3 is 2.62 bits per heavy atom. The molecule has 0 bridgehead atoms. The van der Waals surface area contributed by atoms with E-state index in [-0.39, 0.29) is 5.82 Å². The maximum absolute atomic E-state index is 13.6. The molecule has 1 N–H and O–H groups in total. The summed E-state index contributed by atoms with van der Waals surface area (Å²) in [5.74, 6) is 0.565. The number of methoxy groups -OCH3 is 1. The van der Waals surface area contributed by atoms with Crippen molar-refractivity contribution in [3.8, 4) is 5.75 Å². The Hall–Kier alpha value is -1.62. The molecule has 1 heterocycles. The van der Waals surface area contributed by atoms with Crippen molar-refractivity contribution in [3.05, 3.63) is 51.0 Å². The molecule has 0 aliphatic rings. The lowest BCUT2D eigenvalue weighted by Gasteiger charge is -2.14. The van der Waals surface area contributed by atoms with E-state index in [2.05, 4.69) is 26.2 Å². The van der Waals surface area contributed by atoms with Crippen molar-refractivity contribution in [1.82, 2.24) is 4.98 Å². The fraction of sp³-hybridized carbons (Fsp3) is 0.312. The molecule has 0 saturated heterocycles. The smallest absolute Gasteiger partial charge is 0.139 e. The second-order valence-corrected chi connectivity index (χ2v) is 5.84. The van der Waals surface area contributed by atoms with Gasteiger partial charge < -0.3 is 10.1 Å². The maximum atomic E-state index is 13.6. The minimum absolute atomic E-state index is 0.283. The highest BCUT2D eigenvalue weighted by Crippen LogP contribution is 2.27. The molecule has 1 aromatic heterocycles. The van der Waals surface area contributed by atoms with Crippen LogP contribution in [-0.4, -0.2) is 12.1 Å². The first-order chi connectivity index (χ1) is 9.93. The largest absolute Gasteiger partial charge is 0.496 e. The predicted octanol–water partition coefficient (Wildman–Crippen LogP) is 4.53. The van der Waals surface area contributed by atoms with Gasteiger partial charge in [-0.25, -0.2) is 4.39 Å². The van der Waals surface area contributed by atoms with Crippen LogP contribution in [0.2, 0.25) is 0 Å². The Kier molecular flexibility index (Phi) is 4.83. The fourth-order valence-electron chi connectivity index (χ4n) is 2.26. The molecule has 112 valence electrons. The van der Waals surface area contributed by atoms with Crippen LogP contribution < -0.4 is 10.1 Å². The monoisotopic (exact) mass is 352 g/mol. The zero-order chi connectivity index (χ0) is 15.6. The van der Waals surface area contributed by atoms with Crippen LogP contribution in [0.1, 0.15) is 22.4 Å². The summed E-state index contributed by atoms with van der Waals surface area (Å²) in [4.78, 5) is 4.43. The van der Waals surface area contributed by atoms with E-state index in [9.17, 15) is 4.39 Å². The van der Waals surface area contributed by atoms with Crippen LogP contribution >= 0.6 is 15.9 Å². The highest BCUT2D eigenvalue weighted by molar-refractivity contribution is 9.10. The van der Waals surface area contributed by atoms with Gasteiger partial charge in [-0.1, -0.05) is 0 Å². The first kappa shape index (κ1) is 15.8. The van der Waals surface area contributed by atoms with E-state index in [4.69, 9.17) is 4.74 Å². The van der Waals surface area contributed by atoms with Crippen molar-refractivity contribution in [2.45, 2.75) is 27.3 Å². The molecule has 0 fully saturated rings. The summed E-state index contributed by atoms with van der Waals surface area (Å²) in [5.41, 5.74) is 4.63. The van der Waals surface area contributed by atoms with Crippen LogP contribution in [0.15, 0.2) is 22.8 Å². The number of aryl methyl sites for hydroxylation is 2. The normalized spacial score (nSPS) is 10.6. The van der Waals surface area contributed by atoms with Crippen LogP contribution in [0.4, 0.5) is 10.1 Å². The maximum Gasteiger partial charge on any atom is 0.139 e. The summed E-state index contributed by atoms with van der Waals surface area (Å²) in [7, 11) is 1.65. The summed E-state index contributed by atoms with van der Waals surface area (Å²) in [6.45, 7) is 6.39. The van der Waals surface area contributed by atoms with E-state index >= 15 is 0 Å². The van der Waals surface area contributed by atoms with Gasteiger partial charge in [0, 0.05) is 23.0 Å². The zero-order valence-corrected chi connectivity index (χ0v) is 14.1. The van der Waals surface area contributed by atoms with Crippen molar-refractivity contribution in [2.75, 3.05) is 12.4 Å². The van der Waals surface area contributed by atoms with Crippen molar-refractivity contribution < 1.29 is 9.13 Å². The molecule has 0 amide bonds. The second-order valence-electron chi connectivity index (χ2n) is 4.98. The first-order valence-corrected chi connectivity index (χ1v) is 7.42. The predicted molar refractivity (Wildman–Crippen MR) is 86.4 cm³/mol. The average molecular weight is 353 g/mol. The van der Waals surface area contributed by atoms with Gasteiger partial charge in [-0.2, -0.15) is 0 Å². The Bertz CT molecular complexity index is 674. The van der Waals surface area contributed by atoms with Crippen LogP contribution in [0.25, 0.3) is 0 Å². The standard InChI is InChI=1S/C16H18BrFN2O/c1-9-5-12(17)13(18)6-14(9)20-8-15-11(3)16(21-4)10(2)7-19-15/h5-7,20H,8H2,1-4H3. The molecule has 5 heteroatoms. The molecule has 0 unspecified atom stereocenters. The van der Waals surface area contributed by atoms with Gasteiger partial charge in [0.2, 0.25) is 0 Å². The van der Waals surface area contributed by atoms with Crippen molar-refractivity contribution in [2.24, 2.45) is 0 Å². The second kappa shape index (κ2) is 6.43. The molecule has 0 aliphatic carbocycles. The van der Waals surface area contributed by atoms with E-state index in [0.717, 1.165) is 33.8 Å². The summed E-state index contributed by atoms with van der Waals surface area (Å²) >= 11 is 3.18. The Labute approximate surface area is 132 Å². The minimum atomic E-state index is -0.283.